The molecule has 2 N–H and O–H groups in total. The highest BCUT2D eigenvalue weighted by Crippen LogP contribution is 2.22. The summed E-state index contributed by atoms with van der Waals surface area (Å²) in [7, 11) is 1.78. The van der Waals surface area contributed by atoms with Crippen molar-refractivity contribution in [1.29, 1.82) is 0 Å². The van der Waals surface area contributed by atoms with Crippen LogP contribution in [0.1, 0.15) is 38.9 Å². The number of nitrogens with zero attached hydrogens (tertiary/aromatic N) is 3. The van der Waals surface area contributed by atoms with E-state index in [4.69, 9.17) is 4.74 Å². The fourth-order valence-electron chi connectivity index (χ4n) is 3.45. The van der Waals surface area contributed by atoms with E-state index in [0.717, 1.165) is 17.4 Å². The maximum Gasteiger partial charge on any atom is 0.225 e. The maximum atomic E-state index is 12.5. The molecular formula is C18H29N5O3S. The van der Waals surface area contributed by atoms with Crippen molar-refractivity contribution in [1.82, 2.24) is 19.6 Å². The van der Waals surface area contributed by atoms with E-state index in [1.165, 1.54) is 11.5 Å². The van der Waals surface area contributed by atoms with Gasteiger partial charge in [-0.1, -0.05) is 13.8 Å². The molecule has 3 heterocycles. The van der Waals surface area contributed by atoms with Crippen LogP contribution < -0.4 is 10.6 Å². The SMILES string of the molecule is CC(C)Cc1nsc(NC[C@@H]2C[C@H](C(=O)NC3CCC(=O)N(C)C3)CO2)n1. The van der Waals surface area contributed by atoms with Gasteiger partial charge in [-0.3, -0.25) is 9.59 Å². The molecule has 0 aromatic carbocycles. The number of ether oxygens (including phenoxy) is 1. The number of hydrogen-bond donors (Lipinski definition) is 2. The van der Waals surface area contributed by atoms with Gasteiger partial charge in [-0.25, -0.2) is 4.98 Å². The van der Waals surface area contributed by atoms with Crippen LogP contribution in [0.4, 0.5) is 5.13 Å². The zero-order valence-electron chi connectivity index (χ0n) is 16.2. The van der Waals surface area contributed by atoms with Gasteiger partial charge in [0.1, 0.15) is 5.82 Å². The second-order valence-electron chi connectivity index (χ2n) is 7.90. The summed E-state index contributed by atoms with van der Waals surface area (Å²) < 4.78 is 10.1. The van der Waals surface area contributed by atoms with Crippen molar-refractivity contribution in [2.45, 2.75) is 51.7 Å². The Morgan fingerprint density at radius 3 is 3.00 bits per heavy atom. The van der Waals surface area contributed by atoms with Gasteiger partial charge in [0.15, 0.2) is 0 Å². The predicted octanol–water partition coefficient (Wildman–Crippen LogP) is 1.29. The third-order valence-corrected chi connectivity index (χ3v) is 5.67. The fourth-order valence-corrected chi connectivity index (χ4v) is 4.06. The second kappa shape index (κ2) is 8.97. The first-order valence-corrected chi connectivity index (χ1v) is 10.4. The molecule has 2 aliphatic rings. The molecule has 0 bridgehead atoms. The molecule has 8 nitrogen and oxygen atoms in total. The predicted molar refractivity (Wildman–Crippen MR) is 104 cm³/mol. The second-order valence-corrected chi connectivity index (χ2v) is 8.65. The van der Waals surface area contributed by atoms with Gasteiger partial charge in [0.05, 0.1) is 18.6 Å². The van der Waals surface area contributed by atoms with Crippen LogP contribution in [0, 0.1) is 11.8 Å². The highest BCUT2D eigenvalue weighted by molar-refractivity contribution is 7.09. The Morgan fingerprint density at radius 1 is 1.44 bits per heavy atom. The van der Waals surface area contributed by atoms with Crippen molar-refractivity contribution in [3.8, 4) is 0 Å². The molecule has 2 fully saturated rings. The largest absolute Gasteiger partial charge is 0.376 e. The third-order valence-electron chi connectivity index (χ3n) is 4.96. The molecule has 150 valence electrons. The molecule has 1 unspecified atom stereocenters. The monoisotopic (exact) mass is 395 g/mol. The van der Waals surface area contributed by atoms with E-state index in [9.17, 15) is 9.59 Å². The van der Waals surface area contributed by atoms with Crippen molar-refractivity contribution < 1.29 is 14.3 Å². The molecule has 2 aliphatic heterocycles. The first-order valence-electron chi connectivity index (χ1n) is 9.63. The van der Waals surface area contributed by atoms with Gasteiger partial charge >= 0.3 is 0 Å². The number of carbonyl (C=O) groups is 2. The molecule has 0 radical (unpaired) electrons. The number of likely N-dealkylation sites (tertiary alicyclic amines) is 1. The molecule has 2 amide bonds. The molecule has 3 rings (SSSR count). The standard InChI is InChI=1S/C18H29N5O3S/c1-11(2)6-15-21-18(27-22-15)19-8-14-7-12(10-26-14)17(25)20-13-4-5-16(24)23(3)9-13/h11-14H,4-10H2,1-3H3,(H,20,25)(H,19,21,22)/t12-,13?,14-/m0/s1. The number of aromatic nitrogens is 2. The van der Waals surface area contributed by atoms with Crippen molar-refractivity contribution in [2.24, 2.45) is 11.8 Å². The Kier molecular flexibility index (Phi) is 6.64. The summed E-state index contributed by atoms with van der Waals surface area (Å²) in [5.41, 5.74) is 0. The van der Waals surface area contributed by atoms with Gasteiger partial charge in [-0.05, 0) is 18.8 Å². The topological polar surface area (TPSA) is 96.5 Å². The zero-order chi connectivity index (χ0) is 19.4. The van der Waals surface area contributed by atoms with E-state index >= 15 is 0 Å². The zero-order valence-corrected chi connectivity index (χ0v) is 17.1. The average Bonchev–Trinajstić information content (AvgIpc) is 3.25. The molecule has 0 aliphatic carbocycles. The summed E-state index contributed by atoms with van der Waals surface area (Å²) in [4.78, 5) is 30.2. The van der Waals surface area contributed by atoms with Gasteiger partial charge in [0, 0.05) is 50.6 Å². The summed E-state index contributed by atoms with van der Waals surface area (Å²) in [6, 6.07) is 0.0400. The van der Waals surface area contributed by atoms with Gasteiger partial charge in [-0.15, -0.1) is 0 Å². The van der Waals surface area contributed by atoms with E-state index in [-0.39, 0.29) is 29.9 Å². The Labute approximate surface area is 164 Å². The van der Waals surface area contributed by atoms with Crippen molar-refractivity contribution in [3.05, 3.63) is 5.82 Å². The summed E-state index contributed by atoms with van der Waals surface area (Å²) in [5, 5.41) is 7.15. The van der Waals surface area contributed by atoms with Gasteiger partial charge in [0.2, 0.25) is 16.9 Å². The molecular weight excluding hydrogens is 366 g/mol. The molecule has 1 aromatic rings. The van der Waals surface area contributed by atoms with E-state index in [0.29, 0.717) is 44.9 Å². The van der Waals surface area contributed by atoms with Crippen molar-refractivity contribution >= 4 is 28.5 Å². The number of rotatable bonds is 7. The first-order chi connectivity index (χ1) is 12.9. The maximum absolute atomic E-state index is 12.5. The van der Waals surface area contributed by atoms with Crippen LogP contribution >= 0.6 is 11.5 Å². The van der Waals surface area contributed by atoms with Crippen LogP contribution in [0.3, 0.4) is 0 Å². The van der Waals surface area contributed by atoms with E-state index < -0.39 is 0 Å². The molecule has 27 heavy (non-hydrogen) atoms. The van der Waals surface area contributed by atoms with Crippen LogP contribution in [0.15, 0.2) is 0 Å². The molecule has 0 spiro atoms. The highest BCUT2D eigenvalue weighted by atomic mass is 32.1. The number of hydrogen-bond acceptors (Lipinski definition) is 7. The van der Waals surface area contributed by atoms with Crippen LogP contribution in [0.5, 0.6) is 0 Å². The fraction of sp³-hybridized carbons (Fsp3) is 0.778. The van der Waals surface area contributed by atoms with E-state index in [1.807, 2.05) is 0 Å². The Morgan fingerprint density at radius 2 is 2.26 bits per heavy atom. The molecule has 2 saturated heterocycles. The summed E-state index contributed by atoms with van der Waals surface area (Å²) in [6.07, 6.45) is 2.77. The van der Waals surface area contributed by atoms with Crippen LogP contribution in [-0.4, -0.2) is 65.0 Å². The number of amides is 2. The summed E-state index contributed by atoms with van der Waals surface area (Å²) in [5.74, 6) is 1.44. The highest BCUT2D eigenvalue weighted by Gasteiger charge is 2.33. The third kappa shape index (κ3) is 5.62. The van der Waals surface area contributed by atoms with Gasteiger partial charge in [0.25, 0.3) is 0 Å². The normalized spacial score (nSPS) is 25.9. The number of carbonyl (C=O) groups excluding carboxylic acids is 2. The average molecular weight is 396 g/mol. The Balaban J connectivity index is 1.40. The van der Waals surface area contributed by atoms with Crippen LogP contribution in [-0.2, 0) is 20.7 Å². The lowest BCUT2D eigenvalue weighted by Crippen LogP contribution is -2.49. The molecule has 9 heteroatoms. The Bertz CT molecular complexity index is 665. The van der Waals surface area contributed by atoms with Crippen LogP contribution in [0.2, 0.25) is 0 Å². The molecule has 0 saturated carbocycles. The Hall–Kier alpha value is -1.74. The quantitative estimate of drug-likeness (QED) is 0.722. The minimum Gasteiger partial charge on any atom is -0.376 e. The number of nitrogens with one attached hydrogen (secondary N) is 2. The number of likely N-dealkylation sites (N-methyl/N-ethyl adjacent to an activating group) is 1. The summed E-state index contributed by atoms with van der Waals surface area (Å²) >= 11 is 1.37. The van der Waals surface area contributed by atoms with Gasteiger partial charge < -0.3 is 20.3 Å². The lowest BCUT2D eigenvalue weighted by atomic mass is 10.0. The minimum atomic E-state index is -0.134. The van der Waals surface area contributed by atoms with Crippen molar-refractivity contribution in [2.75, 3.05) is 32.1 Å². The van der Waals surface area contributed by atoms with E-state index in [2.05, 4.69) is 33.8 Å². The lowest BCUT2D eigenvalue weighted by molar-refractivity contribution is -0.134. The minimum absolute atomic E-state index is 0.00574. The smallest absolute Gasteiger partial charge is 0.225 e. The first kappa shape index (κ1) is 20.0. The number of anilines is 1. The van der Waals surface area contributed by atoms with Gasteiger partial charge in [-0.2, -0.15) is 4.37 Å². The number of piperidine rings is 1. The summed E-state index contributed by atoms with van der Waals surface area (Å²) in [6.45, 7) is 5.94. The molecule has 1 aromatic heterocycles. The van der Waals surface area contributed by atoms with Crippen molar-refractivity contribution in [3.63, 3.8) is 0 Å². The van der Waals surface area contributed by atoms with E-state index in [1.54, 1.807) is 11.9 Å². The molecule has 3 atom stereocenters. The van der Waals surface area contributed by atoms with Crippen LogP contribution in [0.25, 0.3) is 0 Å². The lowest BCUT2D eigenvalue weighted by Gasteiger charge is -2.30.